The SMILES string of the molecule is CC(C)(O)C1(c2ccc(Cl)cc2)CCNCC1. The number of benzene rings is 1. The predicted molar refractivity (Wildman–Crippen MR) is 71.5 cm³/mol. The Labute approximate surface area is 108 Å². The lowest BCUT2D eigenvalue weighted by Gasteiger charge is -2.47. The van der Waals surface area contributed by atoms with Crippen molar-refractivity contribution in [2.24, 2.45) is 0 Å². The molecule has 0 aliphatic carbocycles. The van der Waals surface area contributed by atoms with E-state index < -0.39 is 5.60 Å². The largest absolute Gasteiger partial charge is 0.390 e. The van der Waals surface area contributed by atoms with E-state index >= 15 is 0 Å². The molecule has 1 heterocycles. The van der Waals surface area contributed by atoms with E-state index in [0.717, 1.165) is 31.0 Å². The monoisotopic (exact) mass is 253 g/mol. The Balaban J connectivity index is 2.43. The third kappa shape index (κ3) is 2.35. The van der Waals surface area contributed by atoms with Crippen LogP contribution in [-0.4, -0.2) is 23.8 Å². The van der Waals surface area contributed by atoms with Crippen LogP contribution in [0.4, 0.5) is 0 Å². The smallest absolute Gasteiger partial charge is 0.0688 e. The molecule has 3 heteroatoms. The zero-order valence-electron chi connectivity index (χ0n) is 10.5. The highest BCUT2D eigenvalue weighted by molar-refractivity contribution is 6.30. The van der Waals surface area contributed by atoms with Crippen LogP contribution in [0.3, 0.4) is 0 Å². The average Bonchev–Trinajstić information content (AvgIpc) is 2.29. The molecule has 17 heavy (non-hydrogen) atoms. The van der Waals surface area contributed by atoms with Crippen LogP contribution in [-0.2, 0) is 5.41 Å². The van der Waals surface area contributed by atoms with Crippen molar-refractivity contribution in [1.29, 1.82) is 0 Å². The van der Waals surface area contributed by atoms with Gasteiger partial charge in [0.1, 0.15) is 0 Å². The Morgan fingerprint density at radius 3 is 2.18 bits per heavy atom. The Morgan fingerprint density at radius 1 is 1.18 bits per heavy atom. The third-order valence-electron chi connectivity index (χ3n) is 4.03. The number of aliphatic hydroxyl groups is 1. The van der Waals surface area contributed by atoms with Crippen molar-refractivity contribution in [2.75, 3.05) is 13.1 Å². The van der Waals surface area contributed by atoms with Gasteiger partial charge in [-0.15, -0.1) is 0 Å². The van der Waals surface area contributed by atoms with Gasteiger partial charge in [-0.3, -0.25) is 0 Å². The molecule has 1 aliphatic rings. The van der Waals surface area contributed by atoms with Crippen molar-refractivity contribution in [3.63, 3.8) is 0 Å². The zero-order chi connectivity index (χ0) is 12.5. The quantitative estimate of drug-likeness (QED) is 0.850. The zero-order valence-corrected chi connectivity index (χ0v) is 11.2. The van der Waals surface area contributed by atoms with Gasteiger partial charge in [-0.2, -0.15) is 0 Å². The van der Waals surface area contributed by atoms with Gasteiger partial charge in [0.15, 0.2) is 0 Å². The van der Waals surface area contributed by atoms with Crippen molar-refractivity contribution in [3.05, 3.63) is 34.9 Å². The maximum Gasteiger partial charge on any atom is 0.0688 e. The highest BCUT2D eigenvalue weighted by atomic mass is 35.5. The van der Waals surface area contributed by atoms with E-state index in [2.05, 4.69) is 5.32 Å². The summed E-state index contributed by atoms with van der Waals surface area (Å²) in [6.45, 7) is 5.72. The lowest BCUT2D eigenvalue weighted by Crippen LogP contribution is -2.53. The molecule has 1 aromatic rings. The predicted octanol–water partition coefficient (Wildman–Crippen LogP) is 2.73. The Kier molecular flexibility index (Phi) is 3.48. The van der Waals surface area contributed by atoms with Crippen molar-refractivity contribution in [2.45, 2.75) is 37.7 Å². The van der Waals surface area contributed by atoms with E-state index in [0.29, 0.717) is 0 Å². The van der Waals surface area contributed by atoms with Crippen LogP contribution in [0, 0.1) is 0 Å². The van der Waals surface area contributed by atoms with Gasteiger partial charge in [-0.25, -0.2) is 0 Å². The summed E-state index contributed by atoms with van der Waals surface area (Å²) in [5, 5.41) is 14.7. The summed E-state index contributed by atoms with van der Waals surface area (Å²) >= 11 is 5.94. The molecule has 0 amide bonds. The summed E-state index contributed by atoms with van der Waals surface area (Å²) in [5.41, 5.74) is 0.307. The lowest BCUT2D eigenvalue weighted by atomic mass is 9.63. The number of rotatable bonds is 2. The van der Waals surface area contributed by atoms with Gasteiger partial charge >= 0.3 is 0 Å². The first kappa shape index (κ1) is 12.9. The molecule has 0 unspecified atom stereocenters. The minimum absolute atomic E-state index is 0.164. The van der Waals surface area contributed by atoms with Gasteiger partial charge in [0, 0.05) is 10.4 Å². The van der Waals surface area contributed by atoms with Gasteiger partial charge in [0.25, 0.3) is 0 Å². The molecule has 0 saturated carbocycles. The minimum Gasteiger partial charge on any atom is -0.390 e. The summed E-state index contributed by atoms with van der Waals surface area (Å²) in [5.74, 6) is 0. The molecule has 1 fully saturated rings. The molecule has 2 N–H and O–H groups in total. The Morgan fingerprint density at radius 2 is 1.71 bits per heavy atom. The molecule has 1 aromatic carbocycles. The Hall–Kier alpha value is -0.570. The molecule has 0 radical (unpaired) electrons. The second kappa shape index (κ2) is 4.60. The first-order chi connectivity index (χ1) is 7.96. The molecular formula is C14H20ClNO. The maximum atomic E-state index is 10.6. The molecule has 2 rings (SSSR count). The van der Waals surface area contributed by atoms with E-state index in [1.54, 1.807) is 0 Å². The highest BCUT2D eigenvalue weighted by Gasteiger charge is 2.45. The first-order valence-electron chi connectivity index (χ1n) is 6.15. The van der Waals surface area contributed by atoms with E-state index in [1.807, 2.05) is 38.1 Å². The molecule has 0 aromatic heterocycles. The fourth-order valence-electron chi connectivity index (χ4n) is 2.88. The first-order valence-corrected chi connectivity index (χ1v) is 6.53. The van der Waals surface area contributed by atoms with E-state index in [-0.39, 0.29) is 5.41 Å². The van der Waals surface area contributed by atoms with Crippen LogP contribution in [0.1, 0.15) is 32.3 Å². The van der Waals surface area contributed by atoms with Crippen LogP contribution < -0.4 is 5.32 Å². The molecule has 1 aliphatic heterocycles. The Bertz CT molecular complexity index is 374. The second-order valence-electron chi connectivity index (χ2n) is 5.40. The van der Waals surface area contributed by atoms with Gasteiger partial charge < -0.3 is 10.4 Å². The summed E-state index contributed by atoms with van der Waals surface area (Å²) in [4.78, 5) is 0. The second-order valence-corrected chi connectivity index (χ2v) is 5.83. The van der Waals surface area contributed by atoms with Gasteiger partial charge in [-0.1, -0.05) is 23.7 Å². The minimum atomic E-state index is -0.719. The molecule has 2 nitrogen and oxygen atoms in total. The average molecular weight is 254 g/mol. The lowest BCUT2D eigenvalue weighted by molar-refractivity contribution is -0.0229. The number of piperidine rings is 1. The summed E-state index contributed by atoms with van der Waals surface area (Å²) in [6.07, 6.45) is 1.91. The fourth-order valence-corrected chi connectivity index (χ4v) is 3.00. The third-order valence-corrected chi connectivity index (χ3v) is 4.28. The van der Waals surface area contributed by atoms with Gasteiger partial charge in [0.05, 0.1) is 5.60 Å². The molecule has 1 saturated heterocycles. The standard InChI is InChI=1S/C14H20ClNO/c1-13(2,17)14(7-9-16-10-8-14)11-3-5-12(15)6-4-11/h3-6,16-17H,7-10H2,1-2H3. The number of halogens is 1. The highest BCUT2D eigenvalue weighted by Crippen LogP contribution is 2.42. The number of nitrogens with one attached hydrogen (secondary N) is 1. The van der Waals surface area contributed by atoms with Crippen LogP contribution in [0.5, 0.6) is 0 Å². The van der Waals surface area contributed by atoms with Crippen molar-refractivity contribution >= 4 is 11.6 Å². The fraction of sp³-hybridized carbons (Fsp3) is 0.571. The van der Waals surface area contributed by atoms with Gasteiger partial charge in [0.2, 0.25) is 0 Å². The normalized spacial score (nSPS) is 20.2. The summed E-state index contributed by atoms with van der Waals surface area (Å²) in [7, 11) is 0. The summed E-state index contributed by atoms with van der Waals surface area (Å²) < 4.78 is 0. The molecule has 0 bridgehead atoms. The molecule has 94 valence electrons. The maximum absolute atomic E-state index is 10.6. The van der Waals surface area contributed by atoms with Crippen LogP contribution >= 0.6 is 11.6 Å². The molecule has 0 atom stereocenters. The van der Waals surface area contributed by atoms with E-state index in [1.165, 1.54) is 5.56 Å². The van der Waals surface area contributed by atoms with Crippen molar-refractivity contribution in [3.8, 4) is 0 Å². The van der Waals surface area contributed by atoms with E-state index in [4.69, 9.17) is 11.6 Å². The molecular weight excluding hydrogens is 234 g/mol. The van der Waals surface area contributed by atoms with Crippen LogP contribution in [0.15, 0.2) is 24.3 Å². The van der Waals surface area contributed by atoms with E-state index in [9.17, 15) is 5.11 Å². The number of hydrogen-bond acceptors (Lipinski definition) is 2. The molecule has 0 spiro atoms. The topological polar surface area (TPSA) is 32.3 Å². The van der Waals surface area contributed by atoms with Crippen LogP contribution in [0.2, 0.25) is 5.02 Å². The van der Waals surface area contributed by atoms with Gasteiger partial charge in [-0.05, 0) is 57.5 Å². The van der Waals surface area contributed by atoms with Crippen molar-refractivity contribution < 1.29 is 5.11 Å². The van der Waals surface area contributed by atoms with Crippen molar-refractivity contribution in [1.82, 2.24) is 5.32 Å². The summed E-state index contributed by atoms with van der Waals surface area (Å²) in [6, 6.07) is 7.91. The van der Waals surface area contributed by atoms with Crippen LogP contribution in [0.25, 0.3) is 0 Å². The number of hydrogen-bond donors (Lipinski definition) is 2.